The fraction of sp³-hybridized carbons (Fsp3) is 0.105. The maximum Gasteiger partial charge on any atom is 0.341 e. The van der Waals surface area contributed by atoms with Crippen LogP contribution in [0.15, 0.2) is 47.2 Å². The number of anilines is 1. The Balaban J connectivity index is 2.05. The molecule has 1 amide bonds. The van der Waals surface area contributed by atoms with Crippen LogP contribution in [-0.4, -0.2) is 24.0 Å². The molecule has 0 radical (unpaired) electrons. The molecule has 0 fully saturated rings. The molecule has 8 heteroatoms. The van der Waals surface area contributed by atoms with Crippen LogP contribution in [0.25, 0.3) is 11.1 Å². The van der Waals surface area contributed by atoms with Gasteiger partial charge in [0.2, 0.25) is 0 Å². The van der Waals surface area contributed by atoms with Gasteiger partial charge in [0.15, 0.2) is 0 Å². The second-order valence-electron chi connectivity index (χ2n) is 5.58. The number of carbonyl (C=O) groups is 2. The first-order valence-electron chi connectivity index (χ1n) is 7.80. The maximum absolute atomic E-state index is 13.3. The SMILES string of the molecule is COC(=O)c1c(NC(=O)c2cncc(Br)c2)sc(C)c1-c1ccc(F)cc1. The molecular weight excluding hydrogens is 435 g/mol. The summed E-state index contributed by atoms with van der Waals surface area (Å²) in [5, 5.41) is 3.12. The second-order valence-corrected chi connectivity index (χ2v) is 7.72. The van der Waals surface area contributed by atoms with Gasteiger partial charge in [-0.15, -0.1) is 11.3 Å². The van der Waals surface area contributed by atoms with E-state index in [0.29, 0.717) is 26.2 Å². The fourth-order valence-electron chi connectivity index (χ4n) is 2.61. The van der Waals surface area contributed by atoms with Crippen LogP contribution < -0.4 is 5.32 Å². The van der Waals surface area contributed by atoms with Crippen molar-refractivity contribution in [1.82, 2.24) is 4.98 Å². The van der Waals surface area contributed by atoms with Crippen molar-refractivity contribution < 1.29 is 18.7 Å². The lowest BCUT2D eigenvalue weighted by Gasteiger charge is -2.08. The predicted octanol–water partition coefficient (Wildman–Crippen LogP) is 5.06. The largest absolute Gasteiger partial charge is 0.465 e. The van der Waals surface area contributed by atoms with E-state index in [1.165, 1.54) is 36.8 Å². The van der Waals surface area contributed by atoms with Gasteiger partial charge >= 0.3 is 5.97 Å². The van der Waals surface area contributed by atoms with Crippen LogP contribution in [0.3, 0.4) is 0 Å². The molecule has 0 saturated heterocycles. The summed E-state index contributed by atoms with van der Waals surface area (Å²) in [4.78, 5) is 29.7. The number of halogens is 2. The average molecular weight is 449 g/mol. The number of aryl methyl sites for hydroxylation is 1. The van der Waals surface area contributed by atoms with Crippen LogP contribution in [0.5, 0.6) is 0 Å². The lowest BCUT2D eigenvalue weighted by molar-refractivity contribution is 0.0603. The third-order valence-corrected chi connectivity index (χ3v) is 5.26. The molecule has 27 heavy (non-hydrogen) atoms. The fourth-order valence-corrected chi connectivity index (χ4v) is 4.03. The van der Waals surface area contributed by atoms with Crippen molar-refractivity contribution >= 4 is 44.1 Å². The molecule has 1 N–H and O–H groups in total. The molecular formula is C19H14BrFN2O3S. The Labute approximate surface area is 167 Å². The van der Waals surface area contributed by atoms with E-state index in [1.807, 2.05) is 6.92 Å². The van der Waals surface area contributed by atoms with Crippen LogP contribution in [0.4, 0.5) is 9.39 Å². The standard InChI is InChI=1S/C19H14BrFN2O3S/c1-10-15(11-3-5-14(21)6-4-11)16(19(25)26-2)18(27-10)23-17(24)12-7-13(20)9-22-8-12/h3-9H,1-2H3,(H,23,24). The molecule has 2 aromatic heterocycles. The van der Waals surface area contributed by atoms with Gasteiger partial charge in [0.25, 0.3) is 5.91 Å². The molecule has 0 atom stereocenters. The molecule has 0 aliphatic carbocycles. The number of ether oxygens (including phenoxy) is 1. The van der Waals surface area contributed by atoms with Gasteiger partial charge < -0.3 is 10.1 Å². The van der Waals surface area contributed by atoms with E-state index in [4.69, 9.17) is 4.74 Å². The highest BCUT2D eigenvalue weighted by Gasteiger charge is 2.25. The summed E-state index contributed by atoms with van der Waals surface area (Å²) in [5.74, 6) is -1.36. The quantitative estimate of drug-likeness (QED) is 0.566. The topological polar surface area (TPSA) is 68.3 Å². The number of hydrogen-bond acceptors (Lipinski definition) is 5. The highest BCUT2D eigenvalue weighted by molar-refractivity contribution is 9.10. The molecule has 0 aliphatic heterocycles. The van der Waals surface area contributed by atoms with Crippen molar-refractivity contribution in [3.63, 3.8) is 0 Å². The minimum Gasteiger partial charge on any atom is -0.465 e. The summed E-state index contributed by atoms with van der Waals surface area (Å²) in [6.45, 7) is 1.83. The van der Waals surface area contributed by atoms with E-state index in [9.17, 15) is 14.0 Å². The van der Waals surface area contributed by atoms with Crippen molar-refractivity contribution in [2.75, 3.05) is 12.4 Å². The van der Waals surface area contributed by atoms with Gasteiger partial charge in [-0.2, -0.15) is 0 Å². The molecule has 138 valence electrons. The van der Waals surface area contributed by atoms with Gasteiger partial charge in [0, 0.05) is 27.3 Å². The zero-order chi connectivity index (χ0) is 19.6. The van der Waals surface area contributed by atoms with E-state index in [-0.39, 0.29) is 11.4 Å². The second kappa shape index (κ2) is 7.98. The van der Waals surface area contributed by atoms with Gasteiger partial charge in [-0.3, -0.25) is 9.78 Å². The number of pyridine rings is 1. The smallest absolute Gasteiger partial charge is 0.341 e. The summed E-state index contributed by atoms with van der Waals surface area (Å²) in [6.07, 6.45) is 3.00. The number of nitrogens with one attached hydrogen (secondary N) is 1. The Morgan fingerprint density at radius 3 is 2.56 bits per heavy atom. The third kappa shape index (κ3) is 4.06. The Hall–Kier alpha value is -2.58. The Morgan fingerprint density at radius 1 is 1.22 bits per heavy atom. The Kier molecular flexibility index (Phi) is 5.67. The Morgan fingerprint density at radius 2 is 1.93 bits per heavy atom. The van der Waals surface area contributed by atoms with Gasteiger partial charge in [-0.25, -0.2) is 9.18 Å². The number of esters is 1. The molecule has 2 heterocycles. The number of hydrogen-bond donors (Lipinski definition) is 1. The van der Waals surface area contributed by atoms with E-state index < -0.39 is 11.9 Å². The molecule has 0 spiro atoms. The lowest BCUT2D eigenvalue weighted by atomic mass is 10.0. The first-order valence-corrected chi connectivity index (χ1v) is 9.41. The van der Waals surface area contributed by atoms with E-state index in [0.717, 1.165) is 4.88 Å². The van der Waals surface area contributed by atoms with Gasteiger partial charge in [-0.1, -0.05) is 12.1 Å². The van der Waals surface area contributed by atoms with Crippen LogP contribution in [0.1, 0.15) is 25.6 Å². The summed E-state index contributed by atoms with van der Waals surface area (Å²) in [7, 11) is 1.27. The van der Waals surface area contributed by atoms with Crippen molar-refractivity contribution in [2.45, 2.75) is 6.92 Å². The third-order valence-electron chi connectivity index (χ3n) is 3.80. The van der Waals surface area contributed by atoms with Gasteiger partial charge in [0.1, 0.15) is 16.4 Å². The van der Waals surface area contributed by atoms with E-state index in [1.54, 1.807) is 24.4 Å². The Bertz CT molecular complexity index is 1020. The molecule has 0 unspecified atom stereocenters. The molecule has 1 aromatic carbocycles. The first-order chi connectivity index (χ1) is 12.9. The number of methoxy groups -OCH3 is 1. The van der Waals surface area contributed by atoms with Crippen LogP contribution in [0.2, 0.25) is 0 Å². The summed E-state index contributed by atoms with van der Waals surface area (Å²) in [6, 6.07) is 7.43. The monoisotopic (exact) mass is 448 g/mol. The summed E-state index contributed by atoms with van der Waals surface area (Å²) in [5.41, 5.74) is 1.85. The number of rotatable bonds is 4. The maximum atomic E-state index is 13.3. The number of nitrogens with zero attached hydrogens (tertiary/aromatic N) is 1. The molecule has 3 aromatic rings. The van der Waals surface area contributed by atoms with E-state index >= 15 is 0 Å². The number of aromatic nitrogens is 1. The molecule has 0 bridgehead atoms. The number of carbonyl (C=O) groups excluding carboxylic acids is 2. The highest BCUT2D eigenvalue weighted by atomic mass is 79.9. The van der Waals surface area contributed by atoms with Crippen LogP contribution in [-0.2, 0) is 4.74 Å². The number of amides is 1. The minimum absolute atomic E-state index is 0.239. The molecule has 5 nitrogen and oxygen atoms in total. The highest BCUT2D eigenvalue weighted by Crippen LogP contribution is 2.40. The summed E-state index contributed by atoms with van der Waals surface area (Å²) >= 11 is 4.52. The number of benzene rings is 1. The van der Waals surface area contributed by atoms with Crippen molar-refractivity contribution in [2.24, 2.45) is 0 Å². The molecule has 0 aliphatic rings. The molecule has 3 rings (SSSR count). The first kappa shape index (κ1) is 19.2. The predicted molar refractivity (Wildman–Crippen MR) is 106 cm³/mol. The number of thiophene rings is 1. The average Bonchev–Trinajstić information content (AvgIpc) is 2.97. The summed E-state index contributed by atoms with van der Waals surface area (Å²) < 4.78 is 18.8. The molecule has 0 saturated carbocycles. The van der Waals surface area contributed by atoms with E-state index in [2.05, 4.69) is 26.2 Å². The van der Waals surface area contributed by atoms with Gasteiger partial charge in [-0.05, 0) is 46.6 Å². The van der Waals surface area contributed by atoms with Crippen LogP contribution in [0, 0.1) is 12.7 Å². The minimum atomic E-state index is -0.582. The van der Waals surface area contributed by atoms with Crippen LogP contribution >= 0.6 is 27.3 Å². The lowest BCUT2D eigenvalue weighted by Crippen LogP contribution is -2.14. The van der Waals surface area contributed by atoms with Crippen molar-refractivity contribution in [1.29, 1.82) is 0 Å². The normalized spacial score (nSPS) is 10.5. The van der Waals surface area contributed by atoms with Gasteiger partial charge in [0.05, 0.1) is 12.7 Å². The van der Waals surface area contributed by atoms with Crippen molar-refractivity contribution in [3.05, 3.63) is 69.0 Å². The van der Waals surface area contributed by atoms with Crippen molar-refractivity contribution in [3.8, 4) is 11.1 Å². The zero-order valence-electron chi connectivity index (χ0n) is 14.4. The zero-order valence-corrected chi connectivity index (χ0v) is 16.8.